The molecule has 4 rings (SSSR count). The van der Waals surface area contributed by atoms with Crippen molar-refractivity contribution in [2.45, 2.75) is 13.2 Å². The number of halogens is 1. The van der Waals surface area contributed by atoms with E-state index in [1.807, 2.05) is 0 Å². The predicted octanol–water partition coefficient (Wildman–Crippen LogP) is 6.07. The van der Waals surface area contributed by atoms with E-state index in [2.05, 4.69) is 0 Å². The van der Waals surface area contributed by atoms with Crippen molar-refractivity contribution < 1.29 is 24.0 Å². The zero-order valence-corrected chi connectivity index (χ0v) is 20.0. The van der Waals surface area contributed by atoms with Crippen LogP contribution >= 0.6 is 23.4 Å². The number of carbonyl (C=O) groups is 2. The Kier molecular flexibility index (Phi) is 7.38. The molecule has 0 saturated carbocycles. The van der Waals surface area contributed by atoms with Crippen LogP contribution in [0.15, 0.2) is 71.6 Å². The van der Waals surface area contributed by atoms with Crippen molar-refractivity contribution in [3.63, 3.8) is 0 Å². The highest BCUT2D eigenvalue weighted by atomic mass is 35.5. The summed E-state index contributed by atoms with van der Waals surface area (Å²) in [7, 11) is 1.48. The smallest absolute Gasteiger partial charge is 0.293 e. The van der Waals surface area contributed by atoms with E-state index in [9.17, 15) is 19.7 Å². The molecule has 0 atom stereocenters. The van der Waals surface area contributed by atoms with Crippen LogP contribution in [-0.4, -0.2) is 28.1 Å². The Balaban J connectivity index is 1.53. The topological polar surface area (TPSA) is 99.0 Å². The molecule has 1 aliphatic heterocycles. The number of carbonyl (C=O) groups excluding carboxylic acids is 2. The van der Waals surface area contributed by atoms with Gasteiger partial charge < -0.3 is 9.47 Å². The van der Waals surface area contributed by atoms with Gasteiger partial charge in [-0.25, -0.2) is 0 Å². The first-order valence-electron chi connectivity index (χ1n) is 10.4. The predicted molar refractivity (Wildman–Crippen MR) is 133 cm³/mol. The fraction of sp³-hybridized carbons (Fsp3) is 0.120. The summed E-state index contributed by atoms with van der Waals surface area (Å²) < 4.78 is 11.2. The maximum Gasteiger partial charge on any atom is 0.293 e. The summed E-state index contributed by atoms with van der Waals surface area (Å²) in [6.45, 7) is 0.0978. The number of nitro benzene ring substituents is 1. The average molecular weight is 511 g/mol. The molecule has 8 nitrogen and oxygen atoms in total. The molecule has 0 aromatic heterocycles. The van der Waals surface area contributed by atoms with Crippen LogP contribution in [0.25, 0.3) is 6.08 Å². The minimum absolute atomic E-state index is 0.0445. The number of methoxy groups -OCH3 is 1. The van der Waals surface area contributed by atoms with Gasteiger partial charge in [0.15, 0.2) is 11.5 Å². The molecule has 10 heteroatoms. The zero-order valence-electron chi connectivity index (χ0n) is 18.5. The number of rotatable bonds is 8. The molecule has 0 spiro atoms. The molecular formula is C25H19ClN2O6S. The Labute approximate surface area is 210 Å². The van der Waals surface area contributed by atoms with Gasteiger partial charge in [0.1, 0.15) is 6.61 Å². The molecular weight excluding hydrogens is 492 g/mol. The quantitative estimate of drug-likeness (QED) is 0.206. The lowest BCUT2D eigenvalue weighted by atomic mass is 10.1. The van der Waals surface area contributed by atoms with Gasteiger partial charge in [-0.3, -0.25) is 24.6 Å². The highest BCUT2D eigenvalue weighted by Crippen LogP contribution is 2.36. The van der Waals surface area contributed by atoms with Crippen LogP contribution in [0, 0.1) is 10.1 Å². The number of nitrogens with zero attached hydrogens (tertiary/aromatic N) is 2. The maximum atomic E-state index is 12.9. The second-order valence-corrected chi connectivity index (χ2v) is 8.91. The first kappa shape index (κ1) is 24.3. The Hall–Kier alpha value is -3.82. The molecule has 0 unspecified atom stereocenters. The lowest BCUT2D eigenvalue weighted by Gasteiger charge is -2.13. The van der Waals surface area contributed by atoms with Crippen LogP contribution in [0.5, 0.6) is 11.5 Å². The normalized spacial score (nSPS) is 14.5. The average Bonchev–Trinajstić information content (AvgIpc) is 3.11. The monoisotopic (exact) mass is 510 g/mol. The first-order chi connectivity index (χ1) is 16.9. The second kappa shape index (κ2) is 10.6. The van der Waals surface area contributed by atoms with Gasteiger partial charge in [0.2, 0.25) is 0 Å². The zero-order chi connectivity index (χ0) is 24.9. The van der Waals surface area contributed by atoms with Crippen LogP contribution in [0.4, 0.5) is 10.5 Å². The fourth-order valence-electron chi connectivity index (χ4n) is 3.42. The molecule has 0 aliphatic carbocycles. The Morgan fingerprint density at radius 3 is 2.51 bits per heavy atom. The molecule has 0 radical (unpaired) electrons. The molecule has 1 heterocycles. The maximum absolute atomic E-state index is 12.9. The Bertz CT molecular complexity index is 1330. The van der Waals surface area contributed by atoms with E-state index in [4.69, 9.17) is 21.1 Å². The number of nitro groups is 1. The van der Waals surface area contributed by atoms with Crippen LogP contribution in [0.3, 0.4) is 0 Å². The molecule has 2 amide bonds. The lowest BCUT2D eigenvalue weighted by molar-refractivity contribution is -0.385. The van der Waals surface area contributed by atoms with Crippen molar-refractivity contribution in [3.8, 4) is 11.5 Å². The summed E-state index contributed by atoms with van der Waals surface area (Å²) in [6, 6.07) is 18.3. The van der Waals surface area contributed by atoms with Crippen molar-refractivity contribution in [2.24, 2.45) is 0 Å². The first-order valence-corrected chi connectivity index (χ1v) is 11.6. The van der Waals surface area contributed by atoms with Crippen molar-refractivity contribution >= 4 is 46.3 Å². The molecule has 1 fully saturated rings. The van der Waals surface area contributed by atoms with E-state index in [-0.39, 0.29) is 29.0 Å². The van der Waals surface area contributed by atoms with Crippen molar-refractivity contribution in [1.82, 2.24) is 4.90 Å². The summed E-state index contributed by atoms with van der Waals surface area (Å²) in [5.74, 6) is 0.379. The van der Waals surface area contributed by atoms with Crippen molar-refractivity contribution in [1.29, 1.82) is 0 Å². The van der Waals surface area contributed by atoms with Crippen LogP contribution in [0.2, 0.25) is 5.02 Å². The van der Waals surface area contributed by atoms with Gasteiger partial charge in [-0.05, 0) is 59.3 Å². The van der Waals surface area contributed by atoms with Gasteiger partial charge >= 0.3 is 0 Å². The fourth-order valence-corrected chi connectivity index (χ4v) is 4.39. The molecule has 1 aliphatic rings. The van der Waals surface area contributed by atoms with E-state index < -0.39 is 10.8 Å². The van der Waals surface area contributed by atoms with Crippen molar-refractivity contribution in [2.75, 3.05) is 7.11 Å². The van der Waals surface area contributed by atoms with E-state index in [0.29, 0.717) is 27.6 Å². The number of benzene rings is 3. The van der Waals surface area contributed by atoms with Gasteiger partial charge in [-0.15, -0.1) is 0 Å². The SMILES string of the molecule is COc1ccc(/C=C2\SC(=O)N(Cc3ccc(Cl)cc3)C2=O)cc1OCc1ccccc1[N+](=O)[O-]. The Morgan fingerprint density at radius 2 is 1.80 bits per heavy atom. The molecule has 178 valence electrons. The van der Waals surface area contributed by atoms with Crippen LogP contribution < -0.4 is 9.47 Å². The second-order valence-electron chi connectivity index (χ2n) is 7.48. The standard InChI is InChI=1S/C25H19ClN2O6S/c1-33-21-11-8-17(12-22(21)34-15-18-4-2-3-5-20(18)28(31)32)13-23-24(29)27(25(30)35-23)14-16-6-9-19(26)10-7-16/h2-13H,14-15H2,1H3/b23-13-. The summed E-state index contributed by atoms with van der Waals surface area (Å²) >= 11 is 6.76. The molecule has 3 aromatic rings. The third kappa shape index (κ3) is 5.64. The van der Waals surface area contributed by atoms with Crippen LogP contribution in [-0.2, 0) is 17.9 Å². The summed E-state index contributed by atoms with van der Waals surface area (Å²) in [5.41, 5.74) is 1.76. The Morgan fingerprint density at radius 1 is 1.06 bits per heavy atom. The third-order valence-corrected chi connectivity index (χ3v) is 6.34. The largest absolute Gasteiger partial charge is 0.493 e. The minimum Gasteiger partial charge on any atom is -0.493 e. The van der Waals surface area contributed by atoms with Gasteiger partial charge in [0, 0.05) is 11.1 Å². The number of imide groups is 1. The van der Waals surface area contributed by atoms with E-state index >= 15 is 0 Å². The molecule has 0 N–H and O–H groups in total. The summed E-state index contributed by atoms with van der Waals surface area (Å²) in [6.07, 6.45) is 1.60. The molecule has 35 heavy (non-hydrogen) atoms. The van der Waals surface area contributed by atoms with Crippen LogP contribution in [0.1, 0.15) is 16.7 Å². The number of thioether (sulfide) groups is 1. The number of hydrogen-bond acceptors (Lipinski definition) is 7. The molecule has 3 aromatic carbocycles. The number of para-hydroxylation sites is 1. The van der Waals surface area contributed by atoms with Gasteiger partial charge in [-0.1, -0.05) is 41.9 Å². The molecule has 0 bridgehead atoms. The van der Waals surface area contributed by atoms with Gasteiger partial charge in [0.25, 0.3) is 16.8 Å². The highest BCUT2D eigenvalue weighted by molar-refractivity contribution is 8.18. The third-order valence-electron chi connectivity index (χ3n) is 5.18. The van der Waals surface area contributed by atoms with E-state index in [0.717, 1.165) is 17.3 Å². The number of amides is 2. The molecule has 1 saturated heterocycles. The van der Waals surface area contributed by atoms with Crippen molar-refractivity contribution in [3.05, 3.63) is 103 Å². The van der Waals surface area contributed by atoms with Gasteiger partial charge in [0.05, 0.1) is 29.0 Å². The summed E-state index contributed by atoms with van der Waals surface area (Å²) in [4.78, 5) is 37.6. The number of hydrogen-bond donors (Lipinski definition) is 0. The lowest BCUT2D eigenvalue weighted by Crippen LogP contribution is -2.27. The number of ether oxygens (including phenoxy) is 2. The summed E-state index contributed by atoms with van der Waals surface area (Å²) in [5, 5.41) is 11.5. The van der Waals surface area contributed by atoms with Gasteiger partial charge in [-0.2, -0.15) is 0 Å². The van der Waals surface area contributed by atoms with E-state index in [1.165, 1.54) is 18.1 Å². The minimum atomic E-state index is -0.466. The highest BCUT2D eigenvalue weighted by Gasteiger charge is 2.35. The van der Waals surface area contributed by atoms with E-state index in [1.54, 1.807) is 66.7 Å².